The quantitative estimate of drug-likeness (QED) is 0.599. The molecule has 0 amide bonds. The Balaban J connectivity index is 3.85. The minimum absolute atomic E-state index is 0.683. The van der Waals surface area contributed by atoms with Crippen LogP contribution in [0, 0.1) is 5.92 Å². The van der Waals surface area contributed by atoms with Crippen LogP contribution < -0.4 is 3.53 Å². The number of nitrogens with one attached hydrogen (secondary N) is 1. The van der Waals surface area contributed by atoms with E-state index in [1.54, 1.807) is 0 Å². The van der Waals surface area contributed by atoms with Crippen LogP contribution in [0.1, 0.15) is 33.6 Å². The van der Waals surface area contributed by atoms with Crippen LogP contribution in [-0.2, 0) is 0 Å². The Morgan fingerprint density at radius 1 is 1.60 bits per heavy atom. The summed E-state index contributed by atoms with van der Waals surface area (Å²) in [7, 11) is 0. The number of halogens is 1. The zero-order chi connectivity index (χ0) is 7.98. The van der Waals surface area contributed by atoms with E-state index in [1.807, 2.05) is 0 Å². The van der Waals surface area contributed by atoms with Crippen molar-refractivity contribution in [1.82, 2.24) is 3.53 Å². The van der Waals surface area contributed by atoms with Crippen LogP contribution in [0.4, 0.5) is 0 Å². The molecule has 0 heterocycles. The van der Waals surface area contributed by atoms with Crippen LogP contribution in [0.2, 0.25) is 0 Å². The van der Waals surface area contributed by atoms with Crippen LogP contribution in [0.3, 0.4) is 0 Å². The summed E-state index contributed by atoms with van der Waals surface area (Å²) in [6, 6.07) is 0. The summed E-state index contributed by atoms with van der Waals surface area (Å²) in [6.45, 7) is 6.67. The normalized spacial score (nSPS) is 12.3. The van der Waals surface area contributed by atoms with Gasteiger partial charge in [-0.15, -0.1) is 0 Å². The first-order valence-corrected chi connectivity index (χ1v) is 4.85. The fourth-order valence-corrected chi connectivity index (χ4v) is 1.29. The molecule has 0 saturated carbocycles. The van der Waals surface area contributed by atoms with Crippen molar-refractivity contribution in [3.63, 3.8) is 0 Å². The lowest BCUT2D eigenvalue weighted by atomic mass is 10.0. The Morgan fingerprint density at radius 3 is 2.50 bits per heavy atom. The average molecular weight is 253 g/mol. The maximum absolute atomic E-state index is 3.04. The second-order valence-corrected chi connectivity index (χ2v) is 3.36. The van der Waals surface area contributed by atoms with Gasteiger partial charge in [0.25, 0.3) is 0 Å². The lowest BCUT2D eigenvalue weighted by Crippen LogP contribution is -1.97. The number of hydrogen-bond donors (Lipinski definition) is 1. The van der Waals surface area contributed by atoms with Gasteiger partial charge in [-0.25, -0.2) is 0 Å². The second kappa shape index (κ2) is 6.01. The lowest BCUT2D eigenvalue weighted by molar-refractivity contribution is 0.697. The summed E-state index contributed by atoms with van der Waals surface area (Å²) in [4.78, 5) is 0. The van der Waals surface area contributed by atoms with Crippen molar-refractivity contribution in [3.8, 4) is 0 Å². The molecule has 0 aromatic carbocycles. The van der Waals surface area contributed by atoms with E-state index in [0.717, 1.165) is 0 Å². The van der Waals surface area contributed by atoms with Crippen LogP contribution in [0.25, 0.3) is 0 Å². The van der Waals surface area contributed by atoms with E-state index in [-0.39, 0.29) is 0 Å². The van der Waals surface area contributed by atoms with Crippen LogP contribution >= 0.6 is 22.9 Å². The molecule has 10 heavy (non-hydrogen) atoms. The Bertz CT molecular complexity index is 108. The SMILES string of the molecule is CCC/C(=C\NI)C(C)C. The largest absolute Gasteiger partial charge is 0.335 e. The van der Waals surface area contributed by atoms with Gasteiger partial charge in [0.15, 0.2) is 0 Å². The first-order chi connectivity index (χ1) is 4.72. The third-order valence-electron chi connectivity index (χ3n) is 1.52. The summed E-state index contributed by atoms with van der Waals surface area (Å²) in [5.41, 5.74) is 1.51. The molecule has 0 aliphatic rings. The number of allylic oxidation sites excluding steroid dienone is 1. The molecule has 0 radical (unpaired) electrons. The average Bonchev–Trinajstić information content (AvgIpc) is 1.87. The molecular weight excluding hydrogens is 237 g/mol. The summed E-state index contributed by atoms with van der Waals surface area (Å²) in [6.07, 6.45) is 4.56. The van der Waals surface area contributed by atoms with Gasteiger partial charge in [-0.2, -0.15) is 0 Å². The summed E-state index contributed by atoms with van der Waals surface area (Å²) in [5.74, 6) is 0.683. The van der Waals surface area contributed by atoms with Gasteiger partial charge in [0.1, 0.15) is 0 Å². The van der Waals surface area contributed by atoms with Crippen LogP contribution in [-0.4, -0.2) is 0 Å². The smallest absolute Gasteiger partial charge is 0.0555 e. The predicted octanol–water partition coefficient (Wildman–Crippen LogP) is 3.27. The van der Waals surface area contributed by atoms with Gasteiger partial charge in [0.2, 0.25) is 0 Å². The summed E-state index contributed by atoms with van der Waals surface area (Å²) >= 11 is 2.15. The molecule has 0 unspecified atom stereocenters. The van der Waals surface area contributed by atoms with Gasteiger partial charge in [-0.1, -0.05) is 32.8 Å². The van der Waals surface area contributed by atoms with Gasteiger partial charge in [0, 0.05) is 6.20 Å². The molecule has 60 valence electrons. The maximum atomic E-state index is 3.04. The van der Waals surface area contributed by atoms with Gasteiger partial charge in [0.05, 0.1) is 22.9 Å². The number of hydrogen-bond acceptors (Lipinski definition) is 1. The monoisotopic (exact) mass is 253 g/mol. The van der Waals surface area contributed by atoms with Gasteiger partial charge < -0.3 is 3.53 Å². The third-order valence-corrected chi connectivity index (χ3v) is 1.83. The fourth-order valence-electron chi connectivity index (χ4n) is 0.886. The minimum Gasteiger partial charge on any atom is -0.335 e. The van der Waals surface area contributed by atoms with E-state index in [1.165, 1.54) is 18.4 Å². The topological polar surface area (TPSA) is 12.0 Å². The molecule has 0 fully saturated rings. The van der Waals surface area contributed by atoms with E-state index in [4.69, 9.17) is 0 Å². The molecule has 0 atom stereocenters. The van der Waals surface area contributed by atoms with Crippen LogP contribution in [0.15, 0.2) is 11.8 Å². The molecule has 0 spiro atoms. The van der Waals surface area contributed by atoms with Crippen molar-refractivity contribution in [2.24, 2.45) is 5.92 Å². The van der Waals surface area contributed by atoms with Gasteiger partial charge >= 0.3 is 0 Å². The fraction of sp³-hybridized carbons (Fsp3) is 0.750. The maximum Gasteiger partial charge on any atom is 0.0555 e. The molecule has 0 bridgehead atoms. The van der Waals surface area contributed by atoms with Crippen molar-refractivity contribution in [3.05, 3.63) is 11.8 Å². The molecule has 1 nitrogen and oxygen atoms in total. The third kappa shape index (κ3) is 4.14. The first-order valence-electron chi connectivity index (χ1n) is 3.77. The van der Waals surface area contributed by atoms with E-state index < -0.39 is 0 Å². The van der Waals surface area contributed by atoms with Crippen LogP contribution in [0.5, 0.6) is 0 Å². The molecule has 0 rings (SSSR count). The van der Waals surface area contributed by atoms with Crippen molar-refractivity contribution in [2.75, 3.05) is 0 Å². The molecule has 2 heteroatoms. The number of rotatable bonds is 4. The molecule has 0 aliphatic carbocycles. The van der Waals surface area contributed by atoms with Crippen molar-refractivity contribution >= 4 is 22.9 Å². The molecular formula is C8H16IN. The Kier molecular flexibility index (Phi) is 6.17. The van der Waals surface area contributed by atoms with E-state index in [2.05, 4.69) is 53.4 Å². The highest BCUT2D eigenvalue weighted by atomic mass is 127. The highest BCUT2D eigenvalue weighted by molar-refractivity contribution is 14.1. The highest BCUT2D eigenvalue weighted by Crippen LogP contribution is 2.14. The van der Waals surface area contributed by atoms with E-state index >= 15 is 0 Å². The van der Waals surface area contributed by atoms with Crippen molar-refractivity contribution < 1.29 is 0 Å². The molecule has 1 N–H and O–H groups in total. The van der Waals surface area contributed by atoms with Crippen molar-refractivity contribution in [2.45, 2.75) is 33.6 Å². The van der Waals surface area contributed by atoms with Gasteiger partial charge in [-0.3, -0.25) is 0 Å². The highest BCUT2D eigenvalue weighted by Gasteiger charge is 1.99. The Labute approximate surface area is 77.8 Å². The minimum atomic E-state index is 0.683. The standard InChI is InChI=1S/C8H16IN/c1-4-5-8(6-10-9)7(2)3/h6-7,10H,4-5H2,1-3H3/b8-6+. The summed E-state index contributed by atoms with van der Waals surface area (Å²) < 4.78 is 3.04. The van der Waals surface area contributed by atoms with E-state index in [9.17, 15) is 0 Å². The lowest BCUT2D eigenvalue weighted by Gasteiger charge is -2.08. The van der Waals surface area contributed by atoms with E-state index in [0.29, 0.717) is 5.92 Å². The van der Waals surface area contributed by atoms with Crippen molar-refractivity contribution in [1.29, 1.82) is 0 Å². The first kappa shape index (κ1) is 10.3. The summed E-state index contributed by atoms with van der Waals surface area (Å²) in [5, 5.41) is 0. The zero-order valence-electron chi connectivity index (χ0n) is 6.95. The van der Waals surface area contributed by atoms with Gasteiger partial charge in [-0.05, 0) is 12.3 Å². The zero-order valence-corrected chi connectivity index (χ0v) is 9.10. The molecule has 0 aromatic rings. The Morgan fingerprint density at radius 2 is 2.20 bits per heavy atom. The Hall–Kier alpha value is 0.270. The predicted molar refractivity (Wildman–Crippen MR) is 55.0 cm³/mol. The second-order valence-electron chi connectivity index (χ2n) is 2.73. The molecule has 0 aromatic heterocycles. The molecule has 0 saturated heterocycles. The molecule has 0 aliphatic heterocycles.